The summed E-state index contributed by atoms with van der Waals surface area (Å²) >= 11 is 9.29. The molecular formula is C8H14BrClO2. The topological polar surface area (TPSA) is 37.3 Å². The maximum atomic E-state index is 10.6. The van der Waals surface area contributed by atoms with E-state index in [1.807, 2.05) is 0 Å². The second-order valence-corrected chi connectivity index (χ2v) is 5.11. The number of Topliss-reactive ketones (excluding diaryl/α,β-unsaturated/α-hetero) is 1. The molecule has 0 rings (SSSR count). The molecule has 0 aliphatic heterocycles. The van der Waals surface area contributed by atoms with Gasteiger partial charge in [0, 0.05) is 11.2 Å². The molecular weight excluding hydrogens is 243 g/mol. The molecule has 1 N–H and O–H groups in total. The summed E-state index contributed by atoms with van der Waals surface area (Å²) in [7, 11) is 0. The highest BCUT2D eigenvalue weighted by molar-refractivity contribution is 9.09. The number of aliphatic hydroxyl groups is 1. The lowest BCUT2D eigenvalue weighted by Crippen LogP contribution is -2.33. The van der Waals surface area contributed by atoms with Crippen molar-refractivity contribution in [1.29, 1.82) is 0 Å². The summed E-state index contributed by atoms with van der Waals surface area (Å²) in [5.74, 6) is 0.143. The van der Waals surface area contributed by atoms with Crippen LogP contribution in [0.1, 0.15) is 26.7 Å². The van der Waals surface area contributed by atoms with Gasteiger partial charge in [-0.25, -0.2) is 0 Å². The smallest absolute Gasteiger partial charge is 0.129 e. The predicted octanol–water partition coefficient (Wildman–Crippen LogP) is 2.11. The Kier molecular flexibility index (Phi) is 5.37. The normalized spacial score (nSPS) is 18.4. The first-order valence-electron chi connectivity index (χ1n) is 3.83. The maximum Gasteiger partial charge on any atom is 0.129 e. The molecule has 0 heterocycles. The monoisotopic (exact) mass is 256 g/mol. The van der Waals surface area contributed by atoms with Gasteiger partial charge in [0.25, 0.3) is 0 Å². The third kappa shape index (κ3) is 4.43. The molecule has 0 saturated heterocycles. The minimum atomic E-state index is -0.671. The van der Waals surface area contributed by atoms with Gasteiger partial charge in [0.2, 0.25) is 0 Å². The fourth-order valence-corrected chi connectivity index (χ4v) is 1.21. The van der Waals surface area contributed by atoms with Gasteiger partial charge < -0.3 is 9.90 Å². The molecule has 0 aliphatic rings. The molecule has 0 aliphatic carbocycles. The Morgan fingerprint density at radius 1 is 1.75 bits per heavy atom. The Morgan fingerprint density at radius 2 is 2.25 bits per heavy atom. The highest BCUT2D eigenvalue weighted by atomic mass is 79.9. The lowest BCUT2D eigenvalue weighted by molar-refractivity contribution is -0.117. The third-order valence-corrected chi connectivity index (χ3v) is 3.83. The van der Waals surface area contributed by atoms with Crippen LogP contribution in [0.5, 0.6) is 0 Å². The number of ketones is 1. The van der Waals surface area contributed by atoms with E-state index in [4.69, 9.17) is 16.7 Å². The van der Waals surface area contributed by atoms with Crippen molar-refractivity contribution >= 4 is 33.3 Å². The van der Waals surface area contributed by atoms with Crippen LogP contribution in [0.25, 0.3) is 0 Å². The Balaban J connectivity index is 3.86. The highest BCUT2D eigenvalue weighted by Crippen LogP contribution is 2.28. The van der Waals surface area contributed by atoms with Crippen molar-refractivity contribution in [1.82, 2.24) is 0 Å². The zero-order chi connectivity index (χ0) is 9.78. The Hall–Kier alpha value is 0.400. The van der Waals surface area contributed by atoms with Gasteiger partial charge >= 0.3 is 0 Å². The van der Waals surface area contributed by atoms with E-state index >= 15 is 0 Å². The second kappa shape index (κ2) is 5.20. The summed E-state index contributed by atoms with van der Waals surface area (Å²) < 4.78 is 0. The van der Waals surface area contributed by atoms with Gasteiger partial charge in [0.05, 0.1) is 11.5 Å². The first kappa shape index (κ1) is 12.4. The largest absolute Gasteiger partial charge is 0.395 e. The van der Waals surface area contributed by atoms with Crippen LogP contribution in [0.2, 0.25) is 0 Å². The van der Waals surface area contributed by atoms with Gasteiger partial charge in [-0.15, -0.1) is 11.6 Å². The molecule has 0 aromatic rings. The number of alkyl halides is 2. The van der Waals surface area contributed by atoms with E-state index in [1.165, 1.54) is 0 Å². The van der Waals surface area contributed by atoms with Gasteiger partial charge in [0.1, 0.15) is 5.78 Å². The van der Waals surface area contributed by atoms with Crippen molar-refractivity contribution in [3.63, 3.8) is 0 Å². The first-order chi connectivity index (χ1) is 5.40. The van der Waals surface area contributed by atoms with E-state index in [0.717, 1.165) is 0 Å². The lowest BCUT2D eigenvalue weighted by Gasteiger charge is -2.24. The minimum Gasteiger partial charge on any atom is -0.395 e. The third-order valence-electron chi connectivity index (χ3n) is 1.71. The average Bonchev–Trinajstić information content (AvgIpc) is 2.00. The molecule has 0 radical (unpaired) electrons. The van der Waals surface area contributed by atoms with Crippen molar-refractivity contribution in [3.05, 3.63) is 0 Å². The molecule has 4 heteroatoms. The van der Waals surface area contributed by atoms with Gasteiger partial charge in [0.15, 0.2) is 0 Å². The van der Waals surface area contributed by atoms with Crippen LogP contribution in [-0.4, -0.2) is 27.2 Å². The molecule has 0 unspecified atom stereocenters. The zero-order valence-corrected chi connectivity index (χ0v) is 9.65. The molecule has 0 aromatic carbocycles. The van der Waals surface area contributed by atoms with E-state index in [9.17, 15) is 4.79 Å². The SMILES string of the molecule is CC(=O)CC[C@H](Br)[C@](C)(Cl)CO. The minimum absolute atomic E-state index is 0.0273. The van der Waals surface area contributed by atoms with Crippen molar-refractivity contribution in [2.75, 3.05) is 6.61 Å². The first-order valence-corrected chi connectivity index (χ1v) is 5.13. The maximum absolute atomic E-state index is 10.6. The lowest BCUT2D eigenvalue weighted by atomic mass is 10.0. The van der Waals surface area contributed by atoms with Crippen molar-refractivity contribution in [2.24, 2.45) is 0 Å². The Bertz CT molecular complexity index is 159. The van der Waals surface area contributed by atoms with Crippen LogP contribution in [0.3, 0.4) is 0 Å². The average molecular weight is 258 g/mol. The quantitative estimate of drug-likeness (QED) is 0.766. The van der Waals surface area contributed by atoms with Crippen LogP contribution in [0.4, 0.5) is 0 Å². The summed E-state index contributed by atoms with van der Waals surface area (Å²) in [6.45, 7) is 3.20. The summed E-state index contributed by atoms with van der Waals surface area (Å²) in [6.07, 6.45) is 1.16. The molecule has 2 atom stereocenters. The fraction of sp³-hybridized carbons (Fsp3) is 0.875. The molecule has 0 amide bonds. The van der Waals surface area contributed by atoms with Crippen LogP contribution in [0, 0.1) is 0 Å². The second-order valence-electron chi connectivity index (χ2n) is 3.14. The van der Waals surface area contributed by atoms with Gasteiger partial charge in [-0.1, -0.05) is 15.9 Å². The molecule has 0 spiro atoms. The molecule has 0 aromatic heterocycles. The zero-order valence-electron chi connectivity index (χ0n) is 7.31. The Labute approximate surface area is 86.4 Å². The van der Waals surface area contributed by atoms with E-state index in [2.05, 4.69) is 15.9 Å². The summed E-state index contributed by atoms with van der Waals surface area (Å²) in [6, 6.07) is 0. The van der Waals surface area contributed by atoms with Crippen LogP contribution in [-0.2, 0) is 4.79 Å². The standard InChI is InChI=1S/C8H14BrClO2/c1-6(12)3-4-7(9)8(2,10)5-11/h7,11H,3-5H2,1-2H3/t7-,8+/m0/s1. The van der Waals surface area contributed by atoms with Gasteiger partial charge in [-0.2, -0.15) is 0 Å². The number of carbonyl (C=O) groups is 1. The van der Waals surface area contributed by atoms with Gasteiger partial charge in [-0.05, 0) is 20.3 Å². The molecule has 0 bridgehead atoms. The summed E-state index contributed by atoms with van der Waals surface area (Å²) in [5, 5.41) is 8.88. The molecule has 72 valence electrons. The fourth-order valence-electron chi connectivity index (χ4n) is 0.730. The summed E-state index contributed by atoms with van der Waals surface area (Å²) in [5.41, 5.74) is 0. The molecule has 12 heavy (non-hydrogen) atoms. The van der Waals surface area contributed by atoms with Crippen molar-refractivity contribution in [2.45, 2.75) is 36.4 Å². The molecule has 2 nitrogen and oxygen atoms in total. The number of hydrogen-bond acceptors (Lipinski definition) is 2. The predicted molar refractivity (Wildman–Crippen MR) is 54.0 cm³/mol. The van der Waals surface area contributed by atoms with Crippen LogP contribution in [0.15, 0.2) is 0 Å². The molecule has 0 saturated carbocycles. The number of hydrogen-bond donors (Lipinski definition) is 1. The number of halogens is 2. The number of carbonyl (C=O) groups excluding carboxylic acids is 1. The van der Waals surface area contributed by atoms with Crippen LogP contribution < -0.4 is 0 Å². The molecule has 0 fully saturated rings. The van der Waals surface area contributed by atoms with Crippen molar-refractivity contribution < 1.29 is 9.90 Å². The number of rotatable bonds is 5. The highest BCUT2D eigenvalue weighted by Gasteiger charge is 2.29. The van der Waals surface area contributed by atoms with Crippen LogP contribution >= 0.6 is 27.5 Å². The van der Waals surface area contributed by atoms with E-state index in [0.29, 0.717) is 12.8 Å². The van der Waals surface area contributed by atoms with E-state index in [-0.39, 0.29) is 17.2 Å². The Morgan fingerprint density at radius 3 is 2.58 bits per heavy atom. The number of aliphatic hydroxyl groups excluding tert-OH is 1. The van der Waals surface area contributed by atoms with E-state index in [1.54, 1.807) is 13.8 Å². The van der Waals surface area contributed by atoms with E-state index < -0.39 is 4.87 Å². The van der Waals surface area contributed by atoms with Crippen molar-refractivity contribution in [3.8, 4) is 0 Å². The van der Waals surface area contributed by atoms with Gasteiger partial charge in [-0.3, -0.25) is 0 Å². The summed E-state index contributed by atoms with van der Waals surface area (Å²) in [4.78, 5) is 9.94.